The average Bonchev–Trinajstić information content (AvgIpc) is 3.23. The van der Waals surface area contributed by atoms with Gasteiger partial charge < -0.3 is 4.74 Å². The maximum atomic E-state index is 13.1. The van der Waals surface area contributed by atoms with E-state index in [9.17, 15) is 22.0 Å². The molecule has 0 bridgehead atoms. The number of aromatic nitrogens is 2. The van der Waals surface area contributed by atoms with Gasteiger partial charge in [-0.25, -0.2) is 4.68 Å². The first-order valence-electron chi connectivity index (χ1n) is 9.02. The Bertz CT molecular complexity index is 1120. The highest BCUT2D eigenvalue weighted by atomic mass is 19.4. The van der Waals surface area contributed by atoms with Crippen molar-refractivity contribution in [3.8, 4) is 5.69 Å². The third-order valence-electron chi connectivity index (χ3n) is 4.38. The summed E-state index contributed by atoms with van der Waals surface area (Å²) in [6.07, 6.45) is -0.561. The first-order valence-corrected chi connectivity index (χ1v) is 9.02. The van der Waals surface area contributed by atoms with Crippen molar-refractivity contribution in [2.75, 3.05) is 5.01 Å². The maximum absolute atomic E-state index is 13.1. The largest absolute Gasteiger partial charge is 0.433 e. The maximum Gasteiger partial charge on any atom is 0.416 e. The molecule has 31 heavy (non-hydrogen) atoms. The van der Waals surface area contributed by atoms with Crippen molar-refractivity contribution in [2.24, 2.45) is 0 Å². The molecule has 0 atom stereocenters. The SMILES string of the molecule is FC(F)OC1=CN(c2cccc(C(F)(F)F)c2)NC(c2ccnn2-c2ccccc2)=C1. The minimum Gasteiger partial charge on any atom is -0.433 e. The van der Waals surface area contributed by atoms with Crippen LogP contribution >= 0.6 is 0 Å². The molecule has 0 saturated carbocycles. The highest BCUT2D eigenvalue weighted by Gasteiger charge is 2.31. The zero-order valence-electron chi connectivity index (χ0n) is 15.7. The first-order chi connectivity index (χ1) is 14.8. The van der Waals surface area contributed by atoms with Gasteiger partial charge in [-0.15, -0.1) is 0 Å². The highest BCUT2D eigenvalue weighted by Crippen LogP contribution is 2.33. The fourth-order valence-electron chi connectivity index (χ4n) is 3.05. The van der Waals surface area contributed by atoms with Gasteiger partial charge >= 0.3 is 12.8 Å². The van der Waals surface area contributed by atoms with Crippen molar-refractivity contribution in [1.82, 2.24) is 15.2 Å². The van der Waals surface area contributed by atoms with Crippen LogP contribution in [0.15, 0.2) is 84.9 Å². The van der Waals surface area contributed by atoms with Crippen molar-refractivity contribution < 1.29 is 26.7 Å². The zero-order chi connectivity index (χ0) is 22.0. The fourth-order valence-corrected chi connectivity index (χ4v) is 3.05. The lowest BCUT2D eigenvalue weighted by molar-refractivity contribution is -0.137. The molecule has 10 heteroatoms. The number of alkyl halides is 5. The van der Waals surface area contributed by atoms with E-state index in [1.54, 1.807) is 22.9 Å². The number of nitrogens with one attached hydrogen (secondary N) is 1. The lowest BCUT2D eigenvalue weighted by Crippen LogP contribution is -2.36. The molecule has 4 rings (SSSR count). The molecule has 160 valence electrons. The minimum atomic E-state index is -4.55. The standard InChI is InChI=1S/C21H15F5N4O/c22-20(23)31-17-12-18(19-9-10-27-30(19)15-6-2-1-3-7-15)28-29(13-17)16-8-4-5-14(11-16)21(24,25)26/h1-13,20,28H. The van der Waals surface area contributed by atoms with Crippen LogP contribution in [0.5, 0.6) is 0 Å². The molecule has 1 aliphatic heterocycles. The first kappa shape index (κ1) is 20.5. The Morgan fingerprint density at radius 3 is 2.39 bits per heavy atom. The molecule has 0 fully saturated rings. The van der Waals surface area contributed by atoms with E-state index < -0.39 is 18.4 Å². The second-order valence-electron chi connectivity index (χ2n) is 6.46. The van der Waals surface area contributed by atoms with E-state index in [4.69, 9.17) is 0 Å². The van der Waals surface area contributed by atoms with E-state index in [1.165, 1.54) is 29.4 Å². The number of rotatable bonds is 5. The molecule has 0 aliphatic carbocycles. The van der Waals surface area contributed by atoms with Crippen LogP contribution in [0.1, 0.15) is 11.3 Å². The van der Waals surface area contributed by atoms with E-state index >= 15 is 0 Å². The fraction of sp³-hybridized carbons (Fsp3) is 0.0952. The number of hydrogen-bond acceptors (Lipinski definition) is 4. The van der Waals surface area contributed by atoms with Crippen molar-refractivity contribution in [1.29, 1.82) is 0 Å². The molecule has 0 spiro atoms. The Balaban J connectivity index is 1.74. The summed E-state index contributed by atoms with van der Waals surface area (Å²) in [7, 11) is 0. The Hall–Kier alpha value is -3.82. The summed E-state index contributed by atoms with van der Waals surface area (Å²) in [6.45, 7) is -3.11. The topological polar surface area (TPSA) is 42.3 Å². The van der Waals surface area contributed by atoms with Crippen LogP contribution in [-0.4, -0.2) is 16.4 Å². The molecule has 1 aromatic heterocycles. The second-order valence-corrected chi connectivity index (χ2v) is 6.46. The number of anilines is 1. The van der Waals surface area contributed by atoms with Gasteiger partial charge in [-0.05, 0) is 36.4 Å². The third kappa shape index (κ3) is 4.52. The highest BCUT2D eigenvalue weighted by molar-refractivity contribution is 5.70. The molecular weight excluding hydrogens is 419 g/mol. The molecule has 0 unspecified atom stereocenters. The van der Waals surface area contributed by atoms with Crippen molar-refractivity contribution >= 4 is 11.4 Å². The normalized spacial score (nSPS) is 14.2. The van der Waals surface area contributed by atoms with E-state index in [1.807, 2.05) is 18.2 Å². The van der Waals surface area contributed by atoms with Gasteiger partial charge in [0.15, 0.2) is 0 Å². The van der Waals surface area contributed by atoms with Crippen molar-refractivity contribution in [3.63, 3.8) is 0 Å². The van der Waals surface area contributed by atoms with Crippen LogP contribution in [0.3, 0.4) is 0 Å². The van der Waals surface area contributed by atoms with Gasteiger partial charge in [0, 0.05) is 6.08 Å². The Morgan fingerprint density at radius 1 is 0.935 bits per heavy atom. The Labute approximate surface area is 173 Å². The summed E-state index contributed by atoms with van der Waals surface area (Å²) < 4.78 is 71.2. The van der Waals surface area contributed by atoms with Gasteiger partial charge in [0.2, 0.25) is 0 Å². The Kier molecular flexibility index (Phi) is 5.37. The predicted molar refractivity (Wildman–Crippen MR) is 104 cm³/mol. The number of hydrogen-bond donors (Lipinski definition) is 1. The van der Waals surface area contributed by atoms with E-state index in [2.05, 4.69) is 15.3 Å². The van der Waals surface area contributed by atoms with E-state index in [0.717, 1.165) is 18.3 Å². The van der Waals surface area contributed by atoms with Crippen molar-refractivity contribution in [2.45, 2.75) is 12.8 Å². The molecule has 5 nitrogen and oxygen atoms in total. The molecule has 1 aliphatic rings. The van der Waals surface area contributed by atoms with Gasteiger partial charge in [0.25, 0.3) is 0 Å². The summed E-state index contributed by atoms with van der Waals surface area (Å²) in [5.41, 5.74) is 3.65. The number of benzene rings is 2. The zero-order valence-corrected chi connectivity index (χ0v) is 15.7. The lowest BCUT2D eigenvalue weighted by atomic mass is 10.2. The van der Waals surface area contributed by atoms with Gasteiger partial charge in [0.05, 0.1) is 40.7 Å². The summed E-state index contributed by atoms with van der Waals surface area (Å²) in [4.78, 5) is 0. The third-order valence-corrected chi connectivity index (χ3v) is 4.38. The second kappa shape index (κ2) is 8.13. The molecule has 3 aromatic rings. The lowest BCUT2D eigenvalue weighted by Gasteiger charge is -2.29. The number of para-hydroxylation sites is 1. The van der Waals surface area contributed by atoms with Crippen LogP contribution in [0.4, 0.5) is 27.6 Å². The van der Waals surface area contributed by atoms with Crippen LogP contribution in [0.2, 0.25) is 0 Å². The summed E-state index contributed by atoms with van der Waals surface area (Å²) in [5, 5.41) is 5.44. The Morgan fingerprint density at radius 2 is 1.68 bits per heavy atom. The van der Waals surface area contributed by atoms with Crippen molar-refractivity contribution in [3.05, 3.63) is 96.2 Å². The predicted octanol–water partition coefficient (Wildman–Crippen LogP) is 5.34. The van der Waals surface area contributed by atoms with E-state index in [0.29, 0.717) is 17.1 Å². The van der Waals surface area contributed by atoms with Gasteiger partial charge in [-0.2, -0.15) is 27.1 Å². The van der Waals surface area contributed by atoms with Crippen LogP contribution in [0.25, 0.3) is 11.4 Å². The number of hydrazine groups is 1. The number of ether oxygens (including phenoxy) is 1. The van der Waals surface area contributed by atoms with Crippen LogP contribution in [0, 0.1) is 0 Å². The van der Waals surface area contributed by atoms with Gasteiger partial charge in [0.1, 0.15) is 5.76 Å². The molecule has 2 heterocycles. The molecule has 2 aromatic carbocycles. The minimum absolute atomic E-state index is 0.0848. The molecular formula is C21H15F5N4O. The molecule has 0 saturated heterocycles. The number of nitrogens with zero attached hydrogens (tertiary/aromatic N) is 3. The molecule has 1 N–H and O–H groups in total. The summed E-state index contributed by atoms with van der Waals surface area (Å²) in [5.74, 6) is -0.234. The van der Waals surface area contributed by atoms with E-state index in [-0.39, 0.29) is 11.4 Å². The monoisotopic (exact) mass is 434 g/mol. The quantitative estimate of drug-likeness (QED) is 0.551. The van der Waals surface area contributed by atoms with Gasteiger partial charge in [-0.3, -0.25) is 10.4 Å². The molecule has 0 radical (unpaired) electrons. The number of allylic oxidation sites excluding steroid dienone is 1. The van der Waals surface area contributed by atoms with Crippen LogP contribution in [-0.2, 0) is 10.9 Å². The number of halogens is 5. The molecule has 0 amide bonds. The summed E-state index contributed by atoms with van der Waals surface area (Å²) in [6, 6.07) is 15.2. The average molecular weight is 434 g/mol. The van der Waals surface area contributed by atoms with Crippen LogP contribution < -0.4 is 10.4 Å². The van der Waals surface area contributed by atoms with Gasteiger partial charge in [-0.1, -0.05) is 24.3 Å². The summed E-state index contributed by atoms with van der Waals surface area (Å²) >= 11 is 0. The smallest absolute Gasteiger partial charge is 0.416 e.